The summed E-state index contributed by atoms with van der Waals surface area (Å²) in [6.07, 6.45) is 2.35. The molecule has 0 saturated heterocycles. The number of carbonyl (C=O) groups is 1. The van der Waals surface area contributed by atoms with Crippen LogP contribution in [-0.4, -0.2) is 34.1 Å². The van der Waals surface area contributed by atoms with E-state index in [0.29, 0.717) is 16.6 Å². The van der Waals surface area contributed by atoms with E-state index in [1.165, 1.54) is 28.5 Å². The summed E-state index contributed by atoms with van der Waals surface area (Å²) >= 11 is 0. The van der Waals surface area contributed by atoms with E-state index in [-0.39, 0.29) is 16.4 Å². The summed E-state index contributed by atoms with van der Waals surface area (Å²) in [7, 11) is -3.99. The van der Waals surface area contributed by atoms with Crippen LogP contribution >= 0.6 is 0 Å². The zero-order valence-electron chi connectivity index (χ0n) is 17.8. The Bertz CT molecular complexity index is 1390. The lowest BCUT2D eigenvalue weighted by Gasteiger charge is -2.20. The molecule has 4 rings (SSSR count). The van der Waals surface area contributed by atoms with E-state index in [9.17, 15) is 13.2 Å². The topological polar surface area (TPSA) is 103 Å². The summed E-state index contributed by atoms with van der Waals surface area (Å²) in [5, 5.41) is 3.26. The molecule has 0 fully saturated rings. The molecule has 1 aromatic carbocycles. The van der Waals surface area contributed by atoms with Crippen LogP contribution in [0.1, 0.15) is 20.8 Å². The SMILES string of the molecule is CC(C)(C)OC(=O)Nc1ncccc1-c1cc2cccnc2n1S(=O)(=O)c1ccccc1. The lowest BCUT2D eigenvalue weighted by Crippen LogP contribution is -2.27. The Morgan fingerprint density at radius 2 is 1.66 bits per heavy atom. The highest BCUT2D eigenvalue weighted by molar-refractivity contribution is 7.90. The van der Waals surface area contributed by atoms with Crippen molar-refractivity contribution in [1.82, 2.24) is 13.9 Å². The van der Waals surface area contributed by atoms with Gasteiger partial charge in [0.25, 0.3) is 10.0 Å². The fourth-order valence-corrected chi connectivity index (χ4v) is 4.75. The minimum atomic E-state index is -3.99. The summed E-state index contributed by atoms with van der Waals surface area (Å²) in [4.78, 5) is 21.1. The zero-order valence-corrected chi connectivity index (χ0v) is 18.6. The first-order valence-electron chi connectivity index (χ1n) is 9.89. The molecule has 0 radical (unpaired) electrons. The number of aromatic nitrogens is 3. The van der Waals surface area contributed by atoms with Crippen LogP contribution in [0.15, 0.2) is 78.0 Å². The smallest absolute Gasteiger partial charge is 0.413 e. The first-order chi connectivity index (χ1) is 15.2. The Morgan fingerprint density at radius 1 is 0.969 bits per heavy atom. The zero-order chi connectivity index (χ0) is 22.9. The van der Waals surface area contributed by atoms with Crippen molar-refractivity contribution in [2.45, 2.75) is 31.3 Å². The van der Waals surface area contributed by atoms with Gasteiger partial charge in [0.1, 0.15) is 11.4 Å². The second kappa shape index (κ2) is 8.08. The van der Waals surface area contributed by atoms with Crippen molar-refractivity contribution in [3.8, 4) is 11.3 Å². The van der Waals surface area contributed by atoms with Crippen LogP contribution < -0.4 is 5.32 Å². The van der Waals surface area contributed by atoms with Crippen LogP contribution in [0.25, 0.3) is 22.3 Å². The number of carbonyl (C=O) groups excluding carboxylic acids is 1. The van der Waals surface area contributed by atoms with Crippen molar-refractivity contribution in [1.29, 1.82) is 0 Å². The lowest BCUT2D eigenvalue weighted by atomic mass is 10.2. The van der Waals surface area contributed by atoms with Gasteiger partial charge in [-0.2, -0.15) is 0 Å². The molecular weight excluding hydrogens is 428 g/mol. The van der Waals surface area contributed by atoms with Crippen LogP contribution in [-0.2, 0) is 14.8 Å². The second-order valence-corrected chi connectivity index (χ2v) is 9.84. The van der Waals surface area contributed by atoms with E-state index < -0.39 is 21.7 Å². The van der Waals surface area contributed by atoms with Gasteiger partial charge < -0.3 is 4.74 Å². The van der Waals surface area contributed by atoms with Gasteiger partial charge in [0.2, 0.25) is 0 Å². The number of anilines is 1. The molecular formula is C23H22N4O4S. The predicted molar refractivity (Wildman–Crippen MR) is 122 cm³/mol. The third-order valence-corrected chi connectivity index (χ3v) is 6.22. The molecule has 0 bridgehead atoms. The number of amides is 1. The van der Waals surface area contributed by atoms with Crippen LogP contribution in [0.2, 0.25) is 0 Å². The monoisotopic (exact) mass is 450 g/mol. The van der Waals surface area contributed by atoms with Gasteiger partial charge in [-0.05, 0) is 63.2 Å². The van der Waals surface area contributed by atoms with Gasteiger partial charge in [0.05, 0.1) is 10.6 Å². The second-order valence-electron chi connectivity index (χ2n) is 8.05. The molecule has 1 amide bonds. The highest BCUT2D eigenvalue weighted by atomic mass is 32.2. The minimum Gasteiger partial charge on any atom is -0.444 e. The van der Waals surface area contributed by atoms with Crippen LogP contribution in [0, 0.1) is 0 Å². The molecule has 0 spiro atoms. The summed E-state index contributed by atoms with van der Waals surface area (Å²) in [5.74, 6) is 0.175. The standard InChI is InChI=1S/C23H22N4O4S/c1-23(2,3)31-22(28)26-20-18(12-8-13-24-20)19-15-16-9-7-14-25-21(16)27(19)32(29,30)17-10-5-4-6-11-17/h4-15H,1-3H3,(H,24,26,28). The van der Waals surface area contributed by atoms with E-state index >= 15 is 0 Å². The van der Waals surface area contributed by atoms with E-state index in [0.717, 1.165) is 0 Å². The predicted octanol–water partition coefficient (Wildman–Crippen LogP) is 4.68. The van der Waals surface area contributed by atoms with Gasteiger partial charge in [-0.15, -0.1) is 0 Å². The Balaban J connectivity index is 1.91. The molecule has 164 valence electrons. The van der Waals surface area contributed by atoms with Gasteiger partial charge in [-0.25, -0.2) is 27.2 Å². The molecule has 0 saturated carbocycles. The number of fused-ring (bicyclic) bond motifs is 1. The fraction of sp³-hybridized carbons (Fsp3) is 0.174. The first kappa shape index (κ1) is 21.5. The third-order valence-electron chi connectivity index (χ3n) is 4.50. The van der Waals surface area contributed by atoms with E-state index in [1.54, 1.807) is 69.3 Å². The number of ether oxygens (including phenoxy) is 1. The maximum atomic E-state index is 13.6. The molecule has 8 nitrogen and oxygen atoms in total. The first-order valence-corrected chi connectivity index (χ1v) is 11.3. The maximum Gasteiger partial charge on any atom is 0.413 e. The normalized spacial score (nSPS) is 12.0. The Hall–Kier alpha value is -3.72. The van der Waals surface area contributed by atoms with Crippen molar-refractivity contribution in [2.24, 2.45) is 0 Å². The number of nitrogens with zero attached hydrogens (tertiary/aromatic N) is 3. The number of nitrogens with one attached hydrogen (secondary N) is 1. The van der Waals surface area contributed by atoms with E-state index in [4.69, 9.17) is 4.74 Å². The van der Waals surface area contributed by atoms with E-state index in [1.807, 2.05) is 0 Å². The average molecular weight is 451 g/mol. The van der Waals surface area contributed by atoms with Crippen molar-refractivity contribution in [3.63, 3.8) is 0 Å². The Morgan fingerprint density at radius 3 is 2.38 bits per heavy atom. The Kier molecular flexibility index (Phi) is 5.43. The molecule has 3 heterocycles. The highest BCUT2D eigenvalue weighted by Gasteiger charge is 2.26. The van der Waals surface area contributed by atoms with Gasteiger partial charge >= 0.3 is 6.09 Å². The summed E-state index contributed by atoms with van der Waals surface area (Å²) in [5.41, 5.74) is 0.310. The molecule has 0 unspecified atom stereocenters. The maximum absolute atomic E-state index is 13.6. The van der Waals surface area contributed by atoms with Gasteiger partial charge in [0.15, 0.2) is 5.65 Å². The fourth-order valence-electron chi connectivity index (χ4n) is 3.25. The van der Waals surface area contributed by atoms with Crippen molar-refractivity contribution in [3.05, 3.63) is 73.1 Å². The summed E-state index contributed by atoms with van der Waals surface area (Å²) < 4.78 is 33.7. The molecule has 0 atom stereocenters. The minimum absolute atomic E-state index is 0.120. The number of hydrogen-bond acceptors (Lipinski definition) is 6. The molecule has 1 N–H and O–H groups in total. The van der Waals surface area contributed by atoms with Crippen molar-refractivity contribution < 1.29 is 17.9 Å². The average Bonchev–Trinajstić information content (AvgIpc) is 3.13. The van der Waals surface area contributed by atoms with Gasteiger partial charge in [-0.3, -0.25) is 5.32 Å². The number of benzene rings is 1. The Labute approximate surface area is 185 Å². The van der Waals surface area contributed by atoms with E-state index in [2.05, 4.69) is 15.3 Å². The quantitative estimate of drug-likeness (QED) is 0.484. The highest BCUT2D eigenvalue weighted by Crippen LogP contribution is 2.34. The summed E-state index contributed by atoms with van der Waals surface area (Å²) in [6, 6.07) is 16.7. The largest absolute Gasteiger partial charge is 0.444 e. The van der Waals surface area contributed by atoms with Crippen LogP contribution in [0.4, 0.5) is 10.6 Å². The third kappa shape index (κ3) is 4.19. The molecule has 32 heavy (non-hydrogen) atoms. The van der Waals surface area contributed by atoms with Crippen molar-refractivity contribution in [2.75, 3.05) is 5.32 Å². The molecule has 0 aliphatic rings. The van der Waals surface area contributed by atoms with Crippen LogP contribution in [0.3, 0.4) is 0 Å². The lowest BCUT2D eigenvalue weighted by molar-refractivity contribution is 0.0635. The molecule has 9 heteroatoms. The molecule has 0 aliphatic heterocycles. The van der Waals surface area contributed by atoms with Crippen molar-refractivity contribution >= 4 is 33.0 Å². The van der Waals surface area contributed by atoms with Gasteiger partial charge in [0, 0.05) is 23.3 Å². The number of rotatable bonds is 4. The van der Waals surface area contributed by atoms with Gasteiger partial charge in [-0.1, -0.05) is 18.2 Å². The number of pyridine rings is 2. The van der Waals surface area contributed by atoms with Crippen LogP contribution in [0.5, 0.6) is 0 Å². The molecule has 0 aliphatic carbocycles. The summed E-state index contributed by atoms with van der Waals surface area (Å²) in [6.45, 7) is 5.26. The molecule has 4 aromatic rings. The molecule has 3 aromatic heterocycles. The number of hydrogen-bond donors (Lipinski definition) is 1.